The number of benzene rings is 1. The van der Waals surface area contributed by atoms with E-state index in [9.17, 15) is 14.0 Å². The number of aryl methyl sites for hydroxylation is 2. The van der Waals surface area contributed by atoms with Crippen molar-refractivity contribution in [1.82, 2.24) is 14.7 Å². The molecule has 8 heteroatoms. The molecule has 1 N–H and O–H groups in total. The summed E-state index contributed by atoms with van der Waals surface area (Å²) in [5, 5.41) is 6.98. The Morgan fingerprint density at radius 1 is 1.40 bits per heavy atom. The molecule has 1 aliphatic rings. The Labute approximate surface area is 149 Å². The van der Waals surface area contributed by atoms with E-state index in [4.69, 9.17) is 0 Å². The first-order chi connectivity index (χ1) is 12.0. The maximum absolute atomic E-state index is 13.3. The molecule has 2 aromatic rings. The largest absolute Gasteiger partial charge is 0.324 e. The van der Waals surface area contributed by atoms with Gasteiger partial charge in [-0.15, -0.1) is 11.8 Å². The van der Waals surface area contributed by atoms with Crippen molar-refractivity contribution in [3.8, 4) is 0 Å². The van der Waals surface area contributed by atoms with E-state index in [2.05, 4.69) is 10.4 Å². The summed E-state index contributed by atoms with van der Waals surface area (Å²) in [6.07, 6.45) is 0. The predicted octanol–water partition coefficient (Wildman–Crippen LogP) is 2.50. The fourth-order valence-corrected chi connectivity index (χ4v) is 3.91. The lowest BCUT2D eigenvalue weighted by Gasteiger charge is -2.23. The number of thioether (sulfide) groups is 1. The van der Waals surface area contributed by atoms with Crippen molar-refractivity contribution in [2.75, 3.05) is 16.9 Å². The molecule has 1 saturated heterocycles. The van der Waals surface area contributed by atoms with Crippen LogP contribution < -0.4 is 5.32 Å². The van der Waals surface area contributed by atoms with Crippen molar-refractivity contribution in [2.45, 2.75) is 26.4 Å². The van der Waals surface area contributed by atoms with Gasteiger partial charge in [-0.05, 0) is 38.1 Å². The quantitative estimate of drug-likeness (QED) is 0.907. The second-order valence-corrected chi connectivity index (χ2v) is 6.78. The highest BCUT2D eigenvalue weighted by Gasteiger charge is 2.36. The highest BCUT2D eigenvalue weighted by molar-refractivity contribution is 7.99. The van der Waals surface area contributed by atoms with Crippen LogP contribution in [0.1, 0.15) is 23.1 Å². The van der Waals surface area contributed by atoms with E-state index in [-0.39, 0.29) is 11.8 Å². The van der Waals surface area contributed by atoms with Crippen LogP contribution in [0.4, 0.5) is 10.1 Å². The average Bonchev–Trinajstić information content (AvgIpc) is 3.20. The Kier molecular flexibility index (Phi) is 5.08. The highest BCUT2D eigenvalue weighted by atomic mass is 32.2. The summed E-state index contributed by atoms with van der Waals surface area (Å²) < 4.78 is 14.9. The lowest BCUT2D eigenvalue weighted by molar-refractivity contribution is -0.119. The standard InChI is InChI=1S/C17H19FN4O2S/c1-3-22-14(7-11(2)20-22)17(24)21-10-25-9-15(21)16(23)19-13-6-4-5-12(18)8-13/h4-8,15H,3,9-10H2,1-2H3,(H,19,23). The van der Waals surface area contributed by atoms with Gasteiger partial charge in [0.25, 0.3) is 5.91 Å². The number of hydrogen-bond acceptors (Lipinski definition) is 4. The molecule has 0 saturated carbocycles. The van der Waals surface area contributed by atoms with Crippen LogP contribution >= 0.6 is 11.8 Å². The molecular weight excluding hydrogens is 343 g/mol. The maximum Gasteiger partial charge on any atom is 0.273 e. The molecule has 1 aliphatic heterocycles. The van der Waals surface area contributed by atoms with E-state index in [0.29, 0.717) is 29.6 Å². The summed E-state index contributed by atoms with van der Waals surface area (Å²) in [7, 11) is 0. The number of aromatic nitrogens is 2. The number of halogens is 1. The number of anilines is 1. The summed E-state index contributed by atoms with van der Waals surface area (Å²) in [6, 6.07) is 6.84. The van der Waals surface area contributed by atoms with E-state index < -0.39 is 11.9 Å². The van der Waals surface area contributed by atoms with E-state index in [0.717, 1.165) is 5.69 Å². The normalized spacial score (nSPS) is 16.9. The molecule has 3 rings (SSSR count). The van der Waals surface area contributed by atoms with Crippen LogP contribution in [-0.4, -0.2) is 44.2 Å². The number of hydrogen-bond donors (Lipinski definition) is 1. The van der Waals surface area contributed by atoms with Gasteiger partial charge in [-0.3, -0.25) is 14.3 Å². The molecule has 6 nitrogen and oxygen atoms in total. The van der Waals surface area contributed by atoms with Crippen molar-refractivity contribution < 1.29 is 14.0 Å². The molecular formula is C17H19FN4O2S. The van der Waals surface area contributed by atoms with Gasteiger partial charge in [-0.1, -0.05) is 6.07 Å². The Morgan fingerprint density at radius 2 is 2.20 bits per heavy atom. The third-order valence-corrected chi connectivity index (χ3v) is 4.97. The van der Waals surface area contributed by atoms with Gasteiger partial charge in [0.1, 0.15) is 17.6 Å². The Bertz CT molecular complexity index is 808. The second kappa shape index (κ2) is 7.26. The van der Waals surface area contributed by atoms with Crippen LogP contribution in [0.3, 0.4) is 0 Å². The molecule has 1 aromatic heterocycles. The zero-order valence-corrected chi connectivity index (χ0v) is 14.8. The van der Waals surface area contributed by atoms with Gasteiger partial charge in [0.2, 0.25) is 5.91 Å². The number of rotatable bonds is 4. The molecule has 132 valence electrons. The van der Waals surface area contributed by atoms with Gasteiger partial charge in [0, 0.05) is 18.0 Å². The van der Waals surface area contributed by atoms with Crippen molar-refractivity contribution in [1.29, 1.82) is 0 Å². The maximum atomic E-state index is 13.3. The van der Waals surface area contributed by atoms with Crippen LogP contribution in [0.2, 0.25) is 0 Å². The summed E-state index contributed by atoms with van der Waals surface area (Å²) in [6.45, 7) is 4.32. The van der Waals surface area contributed by atoms with E-state index in [1.165, 1.54) is 30.0 Å². The second-order valence-electron chi connectivity index (χ2n) is 5.78. The lowest BCUT2D eigenvalue weighted by atomic mass is 10.2. The Morgan fingerprint density at radius 3 is 2.92 bits per heavy atom. The molecule has 2 amide bonds. The fourth-order valence-electron chi connectivity index (χ4n) is 2.76. The fraction of sp³-hybridized carbons (Fsp3) is 0.353. The lowest BCUT2D eigenvalue weighted by Crippen LogP contribution is -2.45. The zero-order chi connectivity index (χ0) is 18.0. The van der Waals surface area contributed by atoms with Gasteiger partial charge < -0.3 is 10.2 Å². The van der Waals surface area contributed by atoms with Crippen LogP contribution in [0.15, 0.2) is 30.3 Å². The summed E-state index contributed by atoms with van der Waals surface area (Å²) in [5.74, 6) is -0.0101. The third kappa shape index (κ3) is 3.68. The number of carbonyl (C=O) groups is 2. The molecule has 2 heterocycles. The summed E-state index contributed by atoms with van der Waals surface area (Å²) in [4.78, 5) is 27.0. The minimum atomic E-state index is -0.596. The average molecular weight is 362 g/mol. The summed E-state index contributed by atoms with van der Waals surface area (Å²) in [5.41, 5.74) is 1.62. The van der Waals surface area contributed by atoms with Gasteiger partial charge in [-0.2, -0.15) is 5.10 Å². The van der Waals surface area contributed by atoms with Crippen LogP contribution in [0.5, 0.6) is 0 Å². The molecule has 0 radical (unpaired) electrons. The van der Waals surface area contributed by atoms with E-state index in [1.807, 2.05) is 13.8 Å². The van der Waals surface area contributed by atoms with Gasteiger partial charge >= 0.3 is 0 Å². The first-order valence-electron chi connectivity index (χ1n) is 7.99. The van der Waals surface area contributed by atoms with Crippen molar-refractivity contribution in [2.24, 2.45) is 0 Å². The van der Waals surface area contributed by atoms with Gasteiger partial charge in [0.15, 0.2) is 0 Å². The third-order valence-electron chi connectivity index (χ3n) is 3.96. The van der Waals surface area contributed by atoms with Crippen molar-refractivity contribution in [3.05, 3.63) is 47.5 Å². The minimum Gasteiger partial charge on any atom is -0.324 e. The molecule has 0 aliphatic carbocycles. The predicted molar refractivity (Wildman–Crippen MR) is 95.0 cm³/mol. The molecule has 1 atom stereocenters. The zero-order valence-electron chi connectivity index (χ0n) is 14.0. The molecule has 1 unspecified atom stereocenters. The molecule has 0 bridgehead atoms. The Balaban J connectivity index is 1.77. The van der Waals surface area contributed by atoms with Crippen LogP contribution in [0, 0.1) is 12.7 Å². The SMILES string of the molecule is CCn1nc(C)cc1C(=O)N1CSCC1C(=O)Nc1cccc(F)c1. The molecule has 0 spiro atoms. The van der Waals surface area contributed by atoms with E-state index >= 15 is 0 Å². The number of amides is 2. The van der Waals surface area contributed by atoms with Crippen LogP contribution in [0.25, 0.3) is 0 Å². The number of carbonyl (C=O) groups excluding carboxylic acids is 2. The molecule has 25 heavy (non-hydrogen) atoms. The highest BCUT2D eigenvalue weighted by Crippen LogP contribution is 2.25. The first-order valence-corrected chi connectivity index (χ1v) is 9.14. The smallest absolute Gasteiger partial charge is 0.273 e. The summed E-state index contributed by atoms with van der Waals surface area (Å²) >= 11 is 1.52. The first kappa shape index (κ1) is 17.5. The Hall–Kier alpha value is -2.35. The van der Waals surface area contributed by atoms with Crippen molar-refractivity contribution >= 4 is 29.3 Å². The van der Waals surface area contributed by atoms with Gasteiger partial charge in [0.05, 0.1) is 11.6 Å². The minimum absolute atomic E-state index is 0.216. The number of nitrogens with one attached hydrogen (secondary N) is 1. The molecule has 1 aromatic carbocycles. The molecule has 1 fully saturated rings. The van der Waals surface area contributed by atoms with Gasteiger partial charge in [-0.25, -0.2) is 4.39 Å². The van der Waals surface area contributed by atoms with Crippen LogP contribution in [-0.2, 0) is 11.3 Å². The van der Waals surface area contributed by atoms with E-state index in [1.54, 1.807) is 21.7 Å². The monoisotopic (exact) mass is 362 g/mol. The number of nitrogens with zero attached hydrogens (tertiary/aromatic N) is 3. The van der Waals surface area contributed by atoms with Crippen molar-refractivity contribution in [3.63, 3.8) is 0 Å². The topological polar surface area (TPSA) is 67.2 Å².